The molecule has 4 heterocycles. The molecule has 0 aromatic carbocycles. The summed E-state index contributed by atoms with van der Waals surface area (Å²) in [5.74, 6) is -0.403. The Morgan fingerprint density at radius 2 is 1.72 bits per heavy atom. The number of phosphoric ester groups is 3. The Morgan fingerprint density at radius 3 is 2.38 bits per heavy atom. The molecule has 0 spiro atoms. The van der Waals surface area contributed by atoms with Gasteiger partial charge in [0.25, 0.3) is 5.56 Å². The molecule has 0 amide bonds. The van der Waals surface area contributed by atoms with Gasteiger partial charge in [-0.15, -0.1) is 0 Å². The number of nitrogens with zero attached hydrogens (tertiary/aromatic N) is 2. The van der Waals surface area contributed by atoms with Crippen LogP contribution in [-0.4, -0.2) is 104 Å². The topological polar surface area (TPSA) is 348 Å². The van der Waals surface area contributed by atoms with Gasteiger partial charge in [0.2, 0.25) is 0 Å². The molecular weight excluding hydrogens is 741 g/mol. The summed E-state index contributed by atoms with van der Waals surface area (Å²) < 4.78 is 66.6. The van der Waals surface area contributed by atoms with Crippen LogP contribution in [0.4, 0.5) is 0 Å². The summed E-state index contributed by atoms with van der Waals surface area (Å²) in [4.78, 5) is 68.3. The first-order chi connectivity index (χ1) is 23.1. The van der Waals surface area contributed by atoms with Gasteiger partial charge in [-0.3, -0.25) is 32.9 Å². The Labute approximate surface area is 281 Å². The molecule has 10 N–H and O–H groups in total. The van der Waals surface area contributed by atoms with Crippen LogP contribution in [0.5, 0.6) is 5.75 Å². The highest BCUT2D eigenvalue weighted by atomic mass is 31.3. The maximum Gasteiger partial charge on any atom is 0.483 e. The average molecular weight is 778 g/mol. The van der Waals surface area contributed by atoms with E-state index in [0.717, 1.165) is 4.57 Å². The van der Waals surface area contributed by atoms with Gasteiger partial charge >= 0.3 is 29.2 Å². The Hall–Kier alpha value is -2.24. The van der Waals surface area contributed by atoms with Gasteiger partial charge in [-0.05, 0) is 20.8 Å². The fourth-order valence-corrected chi connectivity index (χ4v) is 7.52. The Balaban J connectivity index is 1.38. The number of ether oxygens (including phenoxy) is 2. The highest BCUT2D eigenvalue weighted by Gasteiger charge is 2.48. The van der Waals surface area contributed by atoms with Crippen molar-refractivity contribution in [1.82, 2.24) is 19.9 Å². The van der Waals surface area contributed by atoms with Crippen molar-refractivity contribution in [2.75, 3.05) is 6.61 Å². The van der Waals surface area contributed by atoms with Gasteiger partial charge in [0.05, 0.1) is 43.3 Å². The van der Waals surface area contributed by atoms with E-state index in [-0.39, 0.29) is 35.3 Å². The summed E-state index contributed by atoms with van der Waals surface area (Å²) in [5.41, 5.74) is -1.16. The molecule has 26 heteroatoms. The molecule has 0 aliphatic carbocycles. The van der Waals surface area contributed by atoms with Gasteiger partial charge < -0.3 is 54.8 Å². The van der Waals surface area contributed by atoms with Crippen molar-refractivity contribution >= 4 is 23.5 Å². The largest absolute Gasteiger partial charge is 0.506 e. The summed E-state index contributed by atoms with van der Waals surface area (Å²) in [5, 5.41) is 45.2. The number of hydrogen-bond donors (Lipinski definition) is 10. The molecule has 10 atom stereocenters. The number of aromatic amines is 1. The first-order valence-electron chi connectivity index (χ1n) is 14.5. The number of pyridine rings is 1. The van der Waals surface area contributed by atoms with E-state index in [9.17, 15) is 53.5 Å². The quantitative estimate of drug-likeness (QED) is 0.0964. The normalized spacial score (nSPS) is 29.8. The lowest BCUT2D eigenvalue weighted by molar-refractivity contribution is -0.245. The van der Waals surface area contributed by atoms with Crippen LogP contribution in [-0.2, 0) is 54.2 Å². The molecule has 2 aliphatic rings. The SMILES string of the molecule is Cc1ncc(COP(=O)(O)O)c(CN[C@@H]2[C@@H](O)[C@@H](OP(=O)(O)OP(=O)(O)OC[C@H]3O[C@@H](n4cc(C)c(=O)[nH]c4=O)C[C@@H]3O)O[C@H](C)[C@H]2O)c1O. The third-order valence-electron chi connectivity index (χ3n) is 7.68. The van der Waals surface area contributed by atoms with Gasteiger partial charge in [-0.25, -0.2) is 18.5 Å². The van der Waals surface area contributed by atoms with Gasteiger partial charge in [-0.2, -0.15) is 4.31 Å². The standard InChI is InChI=1S/C24H37N4O19P3/c1-10-7-28(24(34)27-22(10)33)17-4-15(29)16(45-17)9-43-49(38,39)47-50(40,41)46-23-21(32)18(20(31)12(3)44-23)26-6-14-13(8-42-48(35,36)37)5-25-11(2)19(14)30/h5,7,12,15-18,20-21,23,26,29-32H,4,6,8-9H2,1-3H3,(H,38,39)(H,40,41)(H,27,33,34)(H2,35,36,37)/t12-,15+,16-,17-,18+,20-,21-,23-/m1/s1. The predicted molar refractivity (Wildman–Crippen MR) is 163 cm³/mol. The van der Waals surface area contributed by atoms with E-state index in [1.807, 2.05) is 0 Å². The van der Waals surface area contributed by atoms with Crippen LogP contribution >= 0.6 is 23.5 Å². The molecule has 2 unspecified atom stereocenters. The number of aliphatic hydroxyl groups excluding tert-OH is 3. The van der Waals surface area contributed by atoms with Crippen molar-refractivity contribution in [1.29, 1.82) is 0 Å². The van der Waals surface area contributed by atoms with E-state index < -0.39 is 103 Å². The van der Waals surface area contributed by atoms with E-state index in [4.69, 9.17) is 28.3 Å². The number of hydrogen-bond acceptors (Lipinski definition) is 17. The molecule has 2 aromatic heterocycles. The van der Waals surface area contributed by atoms with Crippen LogP contribution in [0, 0.1) is 13.8 Å². The van der Waals surface area contributed by atoms with Crippen LogP contribution in [0.25, 0.3) is 0 Å². The maximum atomic E-state index is 12.8. The second kappa shape index (κ2) is 15.8. The molecule has 0 bridgehead atoms. The summed E-state index contributed by atoms with van der Waals surface area (Å²) in [6, 6.07) is -1.43. The average Bonchev–Trinajstić information content (AvgIpc) is 3.36. The number of nitrogens with one attached hydrogen (secondary N) is 2. The first kappa shape index (κ1) is 40.5. The molecule has 282 valence electrons. The van der Waals surface area contributed by atoms with E-state index >= 15 is 0 Å². The van der Waals surface area contributed by atoms with Crippen molar-refractivity contribution in [2.24, 2.45) is 0 Å². The molecular formula is C24H37N4O19P3. The van der Waals surface area contributed by atoms with Crippen LogP contribution in [0.2, 0.25) is 0 Å². The fourth-order valence-electron chi connectivity index (χ4n) is 5.05. The Morgan fingerprint density at radius 1 is 1.04 bits per heavy atom. The minimum atomic E-state index is -5.62. The third kappa shape index (κ3) is 10.2. The second-order valence-corrected chi connectivity index (χ2v) is 15.6. The molecule has 23 nitrogen and oxygen atoms in total. The van der Waals surface area contributed by atoms with E-state index in [1.165, 1.54) is 33.2 Å². The molecule has 2 aliphatic heterocycles. The van der Waals surface area contributed by atoms with Crippen LogP contribution < -0.4 is 16.6 Å². The summed E-state index contributed by atoms with van der Waals surface area (Å²) in [7, 11) is -16.0. The van der Waals surface area contributed by atoms with Gasteiger partial charge in [0.1, 0.15) is 24.2 Å². The number of H-pyrrole nitrogens is 1. The highest BCUT2D eigenvalue weighted by molar-refractivity contribution is 7.61. The summed E-state index contributed by atoms with van der Waals surface area (Å²) in [6.07, 6.45) is -8.43. The maximum absolute atomic E-state index is 12.8. The molecule has 0 radical (unpaired) electrons. The number of aryl methyl sites for hydroxylation is 2. The number of rotatable bonds is 14. The van der Waals surface area contributed by atoms with Crippen molar-refractivity contribution < 1.29 is 81.1 Å². The Kier molecular flexibility index (Phi) is 12.8. The number of aromatic hydroxyl groups is 1. The molecule has 0 saturated carbocycles. The number of phosphoric acid groups is 3. The third-order valence-corrected chi connectivity index (χ3v) is 10.7. The van der Waals surface area contributed by atoms with Crippen molar-refractivity contribution in [3.63, 3.8) is 0 Å². The van der Waals surface area contributed by atoms with Gasteiger partial charge in [-0.1, -0.05) is 0 Å². The minimum absolute atomic E-state index is 0.0139. The second-order valence-electron chi connectivity index (χ2n) is 11.4. The number of aromatic nitrogens is 3. The summed E-state index contributed by atoms with van der Waals surface area (Å²) >= 11 is 0. The van der Waals surface area contributed by atoms with Crippen molar-refractivity contribution in [3.8, 4) is 5.75 Å². The number of aliphatic hydroxyl groups is 3. The monoisotopic (exact) mass is 778 g/mol. The molecule has 2 fully saturated rings. The summed E-state index contributed by atoms with van der Waals surface area (Å²) in [6.45, 7) is 2.19. The molecule has 50 heavy (non-hydrogen) atoms. The highest BCUT2D eigenvalue weighted by Crippen LogP contribution is 2.61. The van der Waals surface area contributed by atoms with Crippen LogP contribution in [0.1, 0.15) is 42.0 Å². The lowest BCUT2D eigenvalue weighted by atomic mass is 9.96. The zero-order valence-electron chi connectivity index (χ0n) is 26.4. The molecule has 2 saturated heterocycles. The molecule has 4 rings (SSSR count). The minimum Gasteiger partial charge on any atom is -0.506 e. The van der Waals surface area contributed by atoms with Gasteiger partial charge in [0, 0.05) is 42.0 Å². The fraction of sp³-hybridized carbons (Fsp3) is 0.625. The van der Waals surface area contributed by atoms with Crippen LogP contribution in [0.15, 0.2) is 22.0 Å². The van der Waals surface area contributed by atoms with Gasteiger partial charge in [0.15, 0.2) is 6.29 Å². The zero-order chi connectivity index (χ0) is 37.3. The zero-order valence-corrected chi connectivity index (χ0v) is 29.1. The van der Waals surface area contributed by atoms with Crippen LogP contribution in [0.3, 0.4) is 0 Å². The van der Waals surface area contributed by atoms with Crippen molar-refractivity contribution in [2.45, 2.75) is 89.4 Å². The lowest BCUT2D eigenvalue weighted by Crippen LogP contribution is -2.62. The lowest BCUT2D eigenvalue weighted by Gasteiger charge is -2.42. The predicted octanol–water partition coefficient (Wildman–Crippen LogP) is -1.61. The van der Waals surface area contributed by atoms with Crippen molar-refractivity contribution in [3.05, 3.63) is 55.6 Å². The van der Waals surface area contributed by atoms with E-state index in [2.05, 4.69) is 24.1 Å². The Bertz CT molecular complexity index is 1800. The van der Waals surface area contributed by atoms with E-state index in [1.54, 1.807) is 0 Å². The smallest absolute Gasteiger partial charge is 0.483 e. The van der Waals surface area contributed by atoms with E-state index in [0.29, 0.717) is 0 Å². The first-order valence-corrected chi connectivity index (χ1v) is 19.1. The molecule has 2 aromatic rings.